The third kappa shape index (κ3) is 4.80. The van der Waals surface area contributed by atoms with Crippen molar-refractivity contribution >= 4 is 10.9 Å². The first-order chi connectivity index (χ1) is 16.6. The molecule has 0 amide bonds. The van der Waals surface area contributed by atoms with Crippen molar-refractivity contribution in [3.05, 3.63) is 75.7 Å². The van der Waals surface area contributed by atoms with Crippen LogP contribution in [-0.2, 0) is 24.4 Å². The molecular weight excluding hydrogens is 432 g/mol. The van der Waals surface area contributed by atoms with E-state index < -0.39 is 0 Å². The smallest absolute Gasteiger partial charge is 0.252 e. The van der Waals surface area contributed by atoms with E-state index in [0.717, 1.165) is 53.9 Å². The molecular formula is C25H30N6O3. The summed E-state index contributed by atoms with van der Waals surface area (Å²) in [6.45, 7) is 6.51. The molecule has 0 unspecified atom stereocenters. The molecule has 0 radical (unpaired) electrons. The van der Waals surface area contributed by atoms with E-state index in [4.69, 9.17) is 9.15 Å². The monoisotopic (exact) mass is 462 g/mol. The summed E-state index contributed by atoms with van der Waals surface area (Å²) in [5.74, 6) is 1.60. The highest BCUT2D eigenvalue weighted by molar-refractivity contribution is 5.79. The number of pyridine rings is 1. The van der Waals surface area contributed by atoms with E-state index in [-0.39, 0.29) is 17.7 Å². The minimum Gasteiger partial charge on any atom is -0.468 e. The fourth-order valence-corrected chi connectivity index (χ4v) is 4.74. The highest BCUT2D eigenvalue weighted by Gasteiger charge is 2.28. The van der Waals surface area contributed by atoms with E-state index in [2.05, 4.69) is 38.4 Å². The summed E-state index contributed by atoms with van der Waals surface area (Å²) in [7, 11) is 0. The second kappa shape index (κ2) is 9.90. The first kappa shape index (κ1) is 22.5. The molecule has 0 aliphatic carbocycles. The van der Waals surface area contributed by atoms with Gasteiger partial charge in [0.2, 0.25) is 0 Å². The summed E-state index contributed by atoms with van der Waals surface area (Å²) in [5.41, 5.74) is 2.56. The molecule has 5 rings (SSSR count). The number of hydrogen-bond acceptors (Lipinski definition) is 7. The number of nitrogens with zero attached hydrogens (tertiary/aromatic N) is 5. The number of aryl methyl sites for hydroxylation is 1. The number of benzene rings is 1. The van der Waals surface area contributed by atoms with E-state index in [0.29, 0.717) is 25.2 Å². The van der Waals surface area contributed by atoms with Crippen LogP contribution in [0.15, 0.2) is 51.9 Å². The maximum Gasteiger partial charge on any atom is 0.252 e. The van der Waals surface area contributed by atoms with Crippen molar-refractivity contribution < 1.29 is 9.15 Å². The summed E-state index contributed by atoms with van der Waals surface area (Å²) >= 11 is 0. The van der Waals surface area contributed by atoms with Gasteiger partial charge in [0.1, 0.15) is 5.76 Å². The molecule has 0 spiro atoms. The third-order valence-electron chi connectivity index (χ3n) is 6.48. The molecule has 3 aromatic heterocycles. The molecule has 1 saturated heterocycles. The first-order valence-electron chi connectivity index (χ1n) is 11.9. The van der Waals surface area contributed by atoms with Gasteiger partial charge in [0.05, 0.1) is 31.5 Å². The number of hydrogen-bond donors (Lipinski definition) is 1. The predicted octanol–water partition coefficient (Wildman–Crippen LogP) is 3.75. The number of nitrogens with one attached hydrogen (secondary N) is 1. The van der Waals surface area contributed by atoms with Gasteiger partial charge in [-0.15, -0.1) is 5.10 Å². The number of rotatable bonds is 9. The summed E-state index contributed by atoms with van der Waals surface area (Å²) in [5, 5.41) is 13.6. The molecule has 0 saturated carbocycles. The topological polar surface area (TPSA) is 102 Å². The second-order valence-corrected chi connectivity index (χ2v) is 8.98. The zero-order chi connectivity index (χ0) is 23.5. The van der Waals surface area contributed by atoms with Crippen LogP contribution >= 0.6 is 0 Å². The van der Waals surface area contributed by atoms with Crippen molar-refractivity contribution in [3.63, 3.8) is 0 Å². The van der Waals surface area contributed by atoms with E-state index in [1.54, 1.807) is 6.26 Å². The normalized spacial score (nSPS) is 17.1. The minimum atomic E-state index is -0.102. The number of aromatic amines is 1. The van der Waals surface area contributed by atoms with Crippen molar-refractivity contribution in [1.82, 2.24) is 30.1 Å². The van der Waals surface area contributed by atoms with E-state index >= 15 is 0 Å². The van der Waals surface area contributed by atoms with Gasteiger partial charge in [-0.2, -0.15) is 0 Å². The minimum absolute atomic E-state index is 0.0867. The summed E-state index contributed by atoms with van der Waals surface area (Å²) in [6, 6.07) is 11.8. The fourth-order valence-electron chi connectivity index (χ4n) is 4.74. The quantitative estimate of drug-likeness (QED) is 0.404. The van der Waals surface area contributed by atoms with Gasteiger partial charge in [-0.3, -0.25) is 9.69 Å². The van der Waals surface area contributed by atoms with Crippen molar-refractivity contribution in [2.45, 2.75) is 64.9 Å². The van der Waals surface area contributed by atoms with Gasteiger partial charge in [0.25, 0.3) is 5.56 Å². The molecule has 1 aliphatic rings. The lowest BCUT2D eigenvalue weighted by Crippen LogP contribution is -2.33. The fraction of sp³-hybridized carbons (Fsp3) is 0.440. The van der Waals surface area contributed by atoms with Gasteiger partial charge in [0.15, 0.2) is 5.82 Å². The Balaban J connectivity index is 1.48. The van der Waals surface area contributed by atoms with Crippen LogP contribution in [0, 0.1) is 6.92 Å². The highest BCUT2D eigenvalue weighted by atomic mass is 16.5. The molecule has 9 nitrogen and oxygen atoms in total. The number of furan rings is 1. The Bertz CT molecular complexity index is 1290. The van der Waals surface area contributed by atoms with Crippen LogP contribution < -0.4 is 5.56 Å². The van der Waals surface area contributed by atoms with Crippen LogP contribution in [0.1, 0.15) is 54.9 Å². The third-order valence-corrected chi connectivity index (χ3v) is 6.48. The maximum atomic E-state index is 13.0. The Labute approximate surface area is 197 Å². The zero-order valence-electron chi connectivity index (χ0n) is 19.6. The standard InChI is InChI=1S/C25H30N6O3/c1-3-23(24-27-28-29-31(24)16-21-7-5-11-34-21)30(15-20-6-4-10-33-20)14-19-13-18-9-8-17(2)12-22(18)26-25(19)32/h4,6,8-10,12-13,21,23H,3,5,7,11,14-16H2,1-2H3,(H,26,32)/t21-,23-/m0/s1. The Morgan fingerprint density at radius 3 is 2.94 bits per heavy atom. The zero-order valence-corrected chi connectivity index (χ0v) is 19.6. The SMILES string of the molecule is CC[C@@H](c1nnnn1C[C@@H]1CCCO1)N(Cc1ccco1)Cc1cc2ccc(C)cc2[nH]c1=O. The summed E-state index contributed by atoms with van der Waals surface area (Å²) in [4.78, 5) is 18.3. The molecule has 34 heavy (non-hydrogen) atoms. The van der Waals surface area contributed by atoms with E-state index in [1.807, 2.05) is 41.9 Å². The highest BCUT2D eigenvalue weighted by Crippen LogP contribution is 2.27. The number of H-pyrrole nitrogens is 1. The molecule has 1 N–H and O–H groups in total. The lowest BCUT2D eigenvalue weighted by molar-refractivity contribution is 0.0882. The molecule has 4 aromatic rings. The molecule has 178 valence electrons. The van der Waals surface area contributed by atoms with Crippen LogP contribution in [-0.4, -0.2) is 42.8 Å². The predicted molar refractivity (Wildman–Crippen MR) is 127 cm³/mol. The second-order valence-electron chi connectivity index (χ2n) is 8.98. The number of ether oxygens (including phenoxy) is 1. The van der Waals surface area contributed by atoms with Crippen molar-refractivity contribution in [1.29, 1.82) is 0 Å². The first-order valence-corrected chi connectivity index (χ1v) is 11.9. The van der Waals surface area contributed by atoms with Gasteiger partial charge in [-0.25, -0.2) is 4.68 Å². The van der Waals surface area contributed by atoms with E-state index in [1.165, 1.54) is 0 Å². The molecule has 4 heterocycles. The number of aromatic nitrogens is 5. The van der Waals surface area contributed by atoms with Crippen molar-refractivity contribution in [3.8, 4) is 0 Å². The van der Waals surface area contributed by atoms with Gasteiger partial charge in [-0.1, -0.05) is 19.1 Å². The summed E-state index contributed by atoms with van der Waals surface area (Å²) < 4.78 is 13.3. The van der Waals surface area contributed by atoms with Crippen LogP contribution in [0.4, 0.5) is 0 Å². The van der Waals surface area contributed by atoms with E-state index in [9.17, 15) is 4.79 Å². The van der Waals surface area contributed by atoms with Gasteiger partial charge >= 0.3 is 0 Å². The largest absolute Gasteiger partial charge is 0.468 e. The Morgan fingerprint density at radius 1 is 1.26 bits per heavy atom. The van der Waals surface area contributed by atoms with Gasteiger partial charge < -0.3 is 14.1 Å². The molecule has 2 atom stereocenters. The van der Waals surface area contributed by atoms with Crippen LogP contribution in [0.2, 0.25) is 0 Å². The van der Waals surface area contributed by atoms with Crippen LogP contribution in [0.5, 0.6) is 0 Å². The molecule has 9 heteroatoms. The van der Waals surface area contributed by atoms with Crippen molar-refractivity contribution in [2.75, 3.05) is 6.61 Å². The van der Waals surface area contributed by atoms with Crippen LogP contribution in [0.3, 0.4) is 0 Å². The number of fused-ring (bicyclic) bond motifs is 1. The lowest BCUT2D eigenvalue weighted by atomic mass is 10.1. The average Bonchev–Trinajstić information content (AvgIpc) is 3.60. The molecule has 0 bridgehead atoms. The van der Waals surface area contributed by atoms with Gasteiger partial charge in [0, 0.05) is 24.2 Å². The Morgan fingerprint density at radius 2 is 2.18 bits per heavy atom. The Hall–Kier alpha value is -3.30. The molecule has 1 aromatic carbocycles. The van der Waals surface area contributed by atoms with Gasteiger partial charge in [-0.05, 0) is 71.8 Å². The Kier molecular flexibility index (Phi) is 6.55. The summed E-state index contributed by atoms with van der Waals surface area (Å²) in [6.07, 6.45) is 4.65. The lowest BCUT2D eigenvalue weighted by Gasteiger charge is -2.29. The molecule has 1 aliphatic heterocycles. The average molecular weight is 463 g/mol. The number of tetrazole rings is 1. The van der Waals surface area contributed by atoms with Crippen LogP contribution in [0.25, 0.3) is 10.9 Å². The molecule has 1 fully saturated rings. The maximum absolute atomic E-state index is 13.0. The van der Waals surface area contributed by atoms with Crippen molar-refractivity contribution in [2.24, 2.45) is 0 Å².